The maximum absolute atomic E-state index is 12.6. The topological polar surface area (TPSA) is 38.3 Å². The van der Waals surface area contributed by atoms with Crippen molar-refractivity contribution in [2.75, 3.05) is 13.2 Å². The predicted molar refractivity (Wildman–Crippen MR) is 130 cm³/mol. The number of fused-ring (bicyclic) bond motifs is 1. The standard InChI is InChI=1S/C29H25NO2/c31-29(22-27(24-12-3-1-4-13-24)25-14-5-2-6-15-25)30-20-9-10-21-32-28-19-11-17-23-16-7-8-18-26(23)28/h1-8,11-19,27H,20-22H2,(H,30,31). The average Bonchev–Trinajstić information content (AvgIpc) is 2.86. The maximum atomic E-state index is 12.6. The summed E-state index contributed by atoms with van der Waals surface area (Å²) in [5.41, 5.74) is 2.26. The summed E-state index contributed by atoms with van der Waals surface area (Å²) >= 11 is 0. The van der Waals surface area contributed by atoms with E-state index in [9.17, 15) is 4.79 Å². The van der Waals surface area contributed by atoms with E-state index in [1.807, 2.05) is 66.7 Å². The van der Waals surface area contributed by atoms with Crippen molar-refractivity contribution in [3.8, 4) is 17.6 Å². The summed E-state index contributed by atoms with van der Waals surface area (Å²) in [6.07, 6.45) is 0.377. The molecule has 0 bridgehead atoms. The lowest BCUT2D eigenvalue weighted by atomic mass is 9.88. The van der Waals surface area contributed by atoms with E-state index in [1.165, 1.54) is 0 Å². The molecule has 0 saturated carbocycles. The SMILES string of the molecule is O=C(CC(c1ccccc1)c1ccccc1)NCC#CCOc1cccc2ccccc12. The molecule has 158 valence electrons. The van der Waals surface area contributed by atoms with Crippen LogP contribution in [-0.4, -0.2) is 19.1 Å². The second-order valence-electron chi connectivity index (χ2n) is 7.47. The first-order valence-electron chi connectivity index (χ1n) is 10.7. The second kappa shape index (κ2) is 10.8. The van der Waals surface area contributed by atoms with Crippen molar-refractivity contribution < 1.29 is 9.53 Å². The van der Waals surface area contributed by atoms with Crippen molar-refractivity contribution in [3.05, 3.63) is 114 Å². The van der Waals surface area contributed by atoms with Gasteiger partial charge in [0.15, 0.2) is 0 Å². The van der Waals surface area contributed by atoms with E-state index in [-0.39, 0.29) is 18.4 Å². The molecule has 0 atom stereocenters. The molecule has 4 rings (SSSR count). The molecule has 0 aliphatic heterocycles. The average molecular weight is 420 g/mol. The minimum absolute atomic E-state index is 0.0139. The fourth-order valence-electron chi connectivity index (χ4n) is 3.75. The van der Waals surface area contributed by atoms with Crippen LogP contribution in [0.1, 0.15) is 23.5 Å². The van der Waals surface area contributed by atoms with Crippen LogP contribution in [0.3, 0.4) is 0 Å². The summed E-state index contributed by atoms with van der Waals surface area (Å²) in [6.45, 7) is 0.578. The lowest BCUT2D eigenvalue weighted by Gasteiger charge is -2.17. The van der Waals surface area contributed by atoms with Gasteiger partial charge in [-0.15, -0.1) is 0 Å². The monoisotopic (exact) mass is 419 g/mol. The number of benzene rings is 4. The number of hydrogen-bond acceptors (Lipinski definition) is 2. The molecule has 0 heterocycles. The fourth-order valence-corrected chi connectivity index (χ4v) is 3.75. The fraction of sp³-hybridized carbons (Fsp3) is 0.138. The zero-order valence-electron chi connectivity index (χ0n) is 17.8. The Hall–Kier alpha value is -4.03. The van der Waals surface area contributed by atoms with Crippen LogP contribution in [0, 0.1) is 11.8 Å². The highest BCUT2D eigenvalue weighted by molar-refractivity contribution is 5.88. The Labute approximate surface area is 189 Å². The number of nitrogens with one attached hydrogen (secondary N) is 1. The van der Waals surface area contributed by atoms with Crippen LogP contribution in [-0.2, 0) is 4.79 Å². The van der Waals surface area contributed by atoms with Crippen LogP contribution in [0.4, 0.5) is 0 Å². The highest BCUT2D eigenvalue weighted by Gasteiger charge is 2.17. The predicted octanol–water partition coefficient (Wildman–Crippen LogP) is 5.56. The van der Waals surface area contributed by atoms with Gasteiger partial charge in [-0.2, -0.15) is 0 Å². The van der Waals surface area contributed by atoms with Gasteiger partial charge in [0.1, 0.15) is 12.4 Å². The summed E-state index contributed by atoms with van der Waals surface area (Å²) in [6, 6.07) is 34.3. The Morgan fingerprint density at radius 3 is 2.09 bits per heavy atom. The minimum atomic E-state index is -0.0213. The molecule has 0 unspecified atom stereocenters. The van der Waals surface area contributed by atoms with Crippen molar-refractivity contribution in [2.45, 2.75) is 12.3 Å². The third kappa shape index (κ3) is 5.56. The Morgan fingerprint density at radius 1 is 0.750 bits per heavy atom. The number of carbonyl (C=O) groups excluding carboxylic acids is 1. The van der Waals surface area contributed by atoms with Gasteiger partial charge in [0.05, 0.1) is 6.54 Å². The van der Waals surface area contributed by atoms with Crippen LogP contribution in [0.25, 0.3) is 10.8 Å². The summed E-state index contributed by atoms with van der Waals surface area (Å²) < 4.78 is 5.82. The molecule has 1 N–H and O–H groups in total. The minimum Gasteiger partial charge on any atom is -0.480 e. The van der Waals surface area contributed by atoms with Crippen LogP contribution < -0.4 is 10.1 Å². The molecule has 0 radical (unpaired) electrons. The van der Waals surface area contributed by atoms with Crippen molar-refractivity contribution in [2.24, 2.45) is 0 Å². The second-order valence-corrected chi connectivity index (χ2v) is 7.47. The van der Waals surface area contributed by atoms with E-state index in [4.69, 9.17) is 4.74 Å². The summed E-state index contributed by atoms with van der Waals surface area (Å²) in [5.74, 6) is 6.77. The molecule has 0 aromatic heterocycles. The molecule has 4 aromatic carbocycles. The highest BCUT2D eigenvalue weighted by Crippen LogP contribution is 2.28. The zero-order chi connectivity index (χ0) is 22.0. The van der Waals surface area contributed by atoms with E-state index in [2.05, 4.69) is 53.6 Å². The Bertz CT molecular complexity index is 1180. The molecule has 0 spiro atoms. The van der Waals surface area contributed by atoms with Gasteiger partial charge in [-0.3, -0.25) is 4.79 Å². The van der Waals surface area contributed by atoms with Gasteiger partial charge >= 0.3 is 0 Å². The van der Waals surface area contributed by atoms with Gasteiger partial charge < -0.3 is 10.1 Å². The van der Waals surface area contributed by atoms with E-state index in [0.717, 1.165) is 27.6 Å². The van der Waals surface area contributed by atoms with Crippen LogP contribution >= 0.6 is 0 Å². The number of carbonyl (C=O) groups is 1. The first-order chi connectivity index (χ1) is 15.8. The number of ether oxygens (including phenoxy) is 1. The lowest BCUT2D eigenvalue weighted by Crippen LogP contribution is -2.25. The quantitative estimate of drug-likeness (QED) is 0.398. The number of rotatable bonds is 7. The lowest BCUT2D eigenvalue weighted by molar-refractivity contribution is -0.121. The van der Waals surface area contributed by atoms with Gasteiger partial charge in [0.25, 0.3) is 0 Å². The maximum Gasteiger partial charge on any atom is 0.221 e. The van der Waals surface area contributed by atoms with Crippen molar-refractivity contribution in [1.82, 2.24) is 5.32 Å². The van der Waals surface area contributed by atoms with E-state index >= 15 is 0 Å². The molecular formula is C29H25NO2. The number of hydrogen-bond donors (Lipinski definition) is 1. The van der Waals surface area contributed by atoms with Gasteiger partial charge in [0, 0.05) is 17.7 Å². The Morgan fingerprint density at radius 2 is 1.38 bits per heavy atom. The van der Waals surface area contributed by atoms with Crippen molar-refractivity contribution >= 4 is 16.7 Å². The first kappa shape index (κ1) is 21.2. The molecule has 0 aliphatic carbocycles. The molecule has 4 aromatic rings. The third-order valence-corrected chi connectivity index (χ3v) is 5.34. The largest absolute Gasteiger partial charge is 0.480 e. The summed E-state index contributed by atoms with van der Waals surface area (Å²) in [7, 11) is 0. The Balaban J connectivity index is 1.30. The van der Waals surface area contributed by atoms with Crippen molar-refractivity contribution in [3.63, 3.8) is 0 Å². The molecule has 0 aliphatic rings. The van der Waals surface area contributed by atoms with Crippen LogP contribution in [0.15, 0.2) is 103 Å². The van der Waals surface area contributed by atoms with Gasteiger partial charge in [0.2, 0.25) is 5.91 Å². The zero-order valence-corrected chi connectivity index (χ0v) is 17.8. The van der Waals surface area contributed by atoms with E-state index < -0.39 is 0 Å². The van der Waals surface area contributed by atoms with Gasteiger partial charge in [-0.1, -0.05) is 109 Å². The van der Waals surface area contributed by atoms with Gasteiger partial charge in [-0.25, -0.2) is 0 Å². The van der Waals surface area contributed by atoms with Crippen molar-refractivity contribution in [1.29, 1.82) is 0 Å². The van der Waals surface area contributed by atoms with E-state index in [0.29, 0.717) is 13.0 Å². The molecule has 3 nitrogen and oxygen atoms in total. The smallest absolute Gasteiger partial charge is 0.221 e. The van der Waals surface area contributed by atoms with E-state index in [1.54, 1.807) is 0 Å². The van der Waals surface area contributed by atoms with Gasteiger partial charge in [-0.05, 0) is 22.6 Å². The molecule has 32 heavy (non-hydrogen) atoms. The van der Waals surface area contributed by atoms with Crippen LogP contribution in [0.2, 0.25) is 0 Å². The summed E-state index contributed by atoms with van der Waals surface area (Å²) in [4.78, 5) is 12.6. The first-order valence-corrected chi connectivity index (χ1v) is 10.7. The molecule has 0 saturated heterocycles. The molecule has 0 fully saturated rings. The normalized spacial score (nSPS) is 10.4. The Kier molecular flexibility index (Phi) is 7.18. The third-order valence-electron chi connectivity index (χ3n) is 5.34. The highest BCUT2D eigenvalue weighted by atomic mass is 16.5. The summed E-state index contributed by atoms with van der Waals surface area (Å²) in [5, 5.41) is 5.12. The molecular weight excluding hydrogens is 394 g/mol. The van der Waals surface area contributed by atoms with Crippen LogP contribution in [0.5, 0.6) is 5.75 Å². The number of amides is 1. The molecule has 3 heteroatoms. The molecule has 1 amide bonds.